The Morgan fingerprint density at radius 3 is 2.77 bits per heavy atom. The predicted molar refractivity (Wildman–Crippen MR) is 96.8 cm³/mol. The van der Waals surface area contributed by atoms with Gasteiger partial charge in [-0.15, -0.1) is 10.2 Å². The van der Waals surface area contributed by atoms with Crippen molar-refractivity contribution in [2.45, 2.75) is 45.6 Å². The van der Waals surface area contributed by atoms with Gasteiger partial charge in [-0.1, -0.05) is 30.9 Å². The Labute approximate surface area is 150 Å². The fraction of sp³-hybridized carbons (Fsp3) is 0.474. The van der Waals surface area contributed by atoms with Crippen LogP contribution in [0.25, 0.3) is 16.7 Å². The highest BCUT2D eigenvalue weighted by atomic mass is 16.5. The Morgan fingerprint density at radius 1 is 1.23 bits per heavy atom. The Balaban J connectivity index is 1.71. The highest BCUT2D eigenvalue weighted by molar-refractivity contribution is 5.81. The van der Waals surface area contributed by atoms with Crippen molar-refractivity contribution in [2.75, 3.05) is 0 Å². The molecule has 2 heterocycles. The molecule has 3 aromatic rings. The number of aryl methyl sites for hydroxylation is 2. The molecule has 0 spiro atoms. The Kier molecular flexibility index (Phi) is 4.22. The standard InChI is InChI=1S/C19H22N4O3/c1-12-8-9-15-14(10-12)17(24)22(2)19-21-20-16(23(15)19)11-26-18(25)13-6-4-3-5-7-13/h8-10,13H,3-7,11H2,1-2H3. The normalized spacial score (nSPS) is 15.6. The average Bonchev–Trinajstić information content (AvgIpc) is 3.09. The van der Waals surface area contributed by atoms with E-state index in [1.165, 1.54) is 11.0 Å². The van der Waals surface area contributed by atoms with Gasteiger partial charge in [-0.05, 0) is 31.9 Å². The first-order chi connectivity index (χ1) is 12.6. The molecule has 1 aliphatic carbocycles. The molecule has 4 rings (SSSR count). The molecule has 1 aromatic carbocycles. The van der Waals surface area contributed by atoms with Crippen LogP contribution in [-0.4, -0.2) is 25.1 Å². The fourth-order valence-corrected chi connectivity index (χ4v) is 3.74. The lowest BCUT2D eigenvalue weighted by Gasteiger charge is -2.19. The van der Waals surface area contributed by atoms with E-state index in [4.69, 9.17) is 4.74 Å². The van der Waals surface area contributed by atoms with E-state index in [2.05, 4.69) is 10.2 Å². The van der Waals surface area contributed by atoms with Crippen molar-refractivity contribution >= 4 is 22.6 Å². The Bertz CT molecular complexity index is 1040. The van der Waals surface area contributed by atoms with Crippen molar-refractivity contribution in [1.29, 1.82) is 0 Å². The van der Waals surface area contributed by atoms with E-state index in [9.17, 15) is 9.59 Å². The lowest BCUT2D eigenvalue weighted by atomic mass is 9.89. The van der Waals surface area contributed by atoms with E-state index >= 15 is 0 Å². The molecule has 0 amide bonds. The number of ether oxygens (including phenoxy) is 1. The van der Waals surface area contributed by atoms with Crippen LogP contribution in [0.4, 0.5) is 0 Å². The van der Waals surface area contributed by atoms with Gasteiger partial charge in [0.15, 0.2) is 12.4 Å². The lowest BCUT2D eigenvalue weighted by Crippen LogP contribution is -2.22. The van der Waals surface area contributed by atoms with Crippen LogP contribution in [-0.2, 0) is 23.2 Å². The van der Waals surface area contributed by atoms with Gasteiger partial charge < -0.3 is 4.74 Å². The third kappa shape index (κ3) is 2.77. The number of aromatic nitrogens is 4. The van der Waals surface area contributed by atoms with Crippen LogP contribution >= 0.6 is 0 Å². The molecule has 2 aromatic heterocycles. The van der Waals surface area contributed by atoms with Crippen LogP contribution in [0.15, 0.2) is 23.0 Å². The molecule has 1 saturated carbocycles. The number of benzene rings is 1. The number of hydrogen-bond donors (Lipinski definition) is 0. The van der Waals surface area contributed by atoms with Gasteiger partial charge in [0.1, 0.15) is 0 Å². The zero-order valence-electron chi connectivity index (χ0n) is 15.1. The minimum Gasteiger partial charge on any atom is -0.457 e. The molecule has 1 fully saturated rings. The maximum atomic E-state index is 12.6. The van der Waals surface area contributed by atoms with Crippen molar-refractivity contribution in [3.8, 4) is 0 Å². The van der Waals surface area contributed by atoms with Crippen molar-refractivity contribution < 1.29 is 9.53 Å². The second-order valence-electron chi connectivity index (χ2n) is 7.08. The summed E-state index contributed by atoms with van der Waals surface area (Å²) in [5.74, 6) is 0.793. The van der Waals surface area contributed by atoms with Crippen LogP contribution in [0.1, 0.15) is 43.5 Å². The highest BCUT2D eigenvalue weighted by Gasteiger charge is 2.23. The number of nitrogens with zero attached hydrogens (tertiary/aromatic N) is 4. The van der Waals surface area contributed by atoms with Crippen molar-refractivity contribution in [3.63, 3.8) is 0 Å². The van der Waals surface area contributed by atoms with Gasteiger partial charge in [0.2, 0.25) is 5.78 Å². The summed E-state index contributed by atoms with van der Waals surface area (Å²) in [5.41, 5.74) is 1.61. The molecular formula is C19H22N4O3. The number of carbonyl (C=O) groups excluding carboxylic acids is 1. The first kappa shape index (κ1) is 16.8. The van der Waals surface area contributed by atoms with Gasteiger partial charge in [-0.25, -0.2) is 0 Å². The van der Waals surface area contributed by atoms with Crippen LogP contribution in [0.2, 0.25) is 0 Å². The van der Waals surface area contributed by atoms with Gasteiger partial charge in [-0.3, -0.25) is 18.6 Å². The molecule has 0 saturated heterocycles. The Morgan fingerprint density at radius 2 is 2.00 bits per heavy atom. The molecule has 0 radical (unpaired) electrons. The van der Waals surface area contributed by atoms with E-state index in [0.29, 0.717) is 17.0 Å². The molecule has 136 valence electrons. The largest absolute Gasteiger partial charge is 0.457 e. The summed E-state index contributed by atoms with van der Waals surface area (Å²) >= 11 is 0. The maximum Gasteiger partial charge on any atom is 0.309 e. The molecule has 0 N–H and O–H groups in total. The monoisotopic (exact) mass is 354 g/mol. The third-order valence-electron chi connectivity index (χ3n) is 5.22. The molecule has 7 heteroatoms. The van der Waals surface area contributed by atoms with E-state index < -0.39 is 0 Å². The van der Waals surface area contributed by atoms with Crippen molar-refractivity contribution in [1.82, 2.24) is 19.2 Å². The Hall–Kier alpha value is -2.70. The van der Waals surface area contributed by atoms with E-state index in [-0.39, 0.29) is 24.1 Å². The smallest absolute Gasteiger partial charge is 0.309 e. The number of hydrogen-bond acceptors (Lipinski definition) is 5. The molecule has 0 bridgehead atoms. The lowest BCUT2D eigenvalue weighted by molar-refractivity contribution is -0.151. The zero-order valence-corrected chi connectivity index (χ0v) is 15.1. The van der Waals surface area contributed by atoms with Crippen LogP contribution in [0.3, 0.4) is 0 Å². The second-order valence-corrected chi connectivity index (χ2v) is 7.08. The molecule has 7 nitrogen and oxygen atoms in total. The van der Waals surface area contributed by atoms with Gasteiger partial charge in [-0.2, -0.15) is 0 Å². The van der Waals surface area contributed by atoms with E-state index in [1.807, 2.05) is 25.1 Å². The molecule has 0 atom stereocenters. The second kappa shape index (κ2) is 6.55. The fourth-order valence-electron chi connectivity index (χ4n) is 3.74. The van der Waals surface area contributed by atoms with Crippen molar-refractivity contribution in [3.05, 3.63) is 39.9 Å². The molecule has 0 unspecified atom stereocenters. The van der Waals surface area contributed by atoms with Crippen molar-refractivity contribution in [2.24, 2.45) is 13.0 Å². The van der Waals surface area contributed by atoms with Crippen LogP contribution in [0.5, 0.6) is 0 Å². The molecular weight excluding hydrogens is 332 g/mol. The van der Waals surface area contributed by atoms with Gasteiger partial charge in [0, 0.05) is 7.05 Å². The van der Waals surface area contributed by atoms with Gasteiger partial charge in [0.05, 0.1) is 16.8 Å². The summed E-state index contributed by atoms with van der Waals surface area (Å²) < 4.78 is 8.80. The molecule has 26 heavy (non-hydrogen) atoms. The zero-order chi connectivity index (χ0) is 18.3. The summed E-state index contributed by atoms with van der Waals surface area (Å²) in [4.78, 5) is 24.9. The first-order valence-electron chi connectivity index (χ1n) is 9.06. The average molecular weight is 354 g/mol. The van der Waals surface area contributed by atoms with Crippen LogP contribution in [0, 0.1) is 12.8 Å². The number of fused-ring (bicyclic) bond motifs is 3. The van der Waals surface area contributed by atoms with Crippen LogP contribution < -0.4 is 5.56 Å². The van der Waals surface area contributed by atoms with E-state index in [1.54, 1.807) is 11.4 Å². The summed E-state index contributed by atoms with van der Waals surface area (Å²) in [6.07, 6.45) is 5.16. The summed E-state index contributed by atoms with van der Waals surface area (Å²) in [7, 11) is 1.67. The minimum absolute atomic E-state index is 0.00770. The molecule has 0 aliphatic heterocycles. The number of carbonyl (C=O) groups is 1. The predicted octanol–water partition coefficient (Wildman–Crippen LogP) is 2.51. The third-order valence-corrected chi connectivity index (χ3v) is 5.22. The molecule has 1 aliphatic rings. The first-order valence-corrected chi connectivity index (χ1v) is 9.06. The summed E-state index contributed by atoms with van der Waals surface area (Å²) in [6, 6.07) is 5.68. The topological polar surface area (TPSA) is 78.5 Å². The van der Waals surface area contributed by atoms with E-state index in [0.717, 1.165) is 36.8 Å². The quantitative estimate of drug-likeness (QED) is 0.675. The summed E-state index contributed by atoms with van der Waals surface area (Å²) in [5, 5.41) is 8.89. The summed E-state index contributed by atoms with van der Waals surface area (Å²) in [6.45, 7) is 2.00. The minimum atomic E-state index is -0.161. The van der Waals surface area contributed by atoms with Gasteiger partial charge >= 0.3 is 5.97 Å². The maximum absolute atomic E-state index is 12.6. The number of esters is 1. The SMILES string of the molecule is Cc1ccc2c(c1)c(=O)n(C)c1nnc(COC(=O)C3CCCCC3)n21. The highest BCUT2D eigenvalue weighted by Crippen LogP contribution is 2.25. The van der Waals surface area contributed by atoms with Gasteiger partial charge in [0.25, 0.3) is 5.56 Å². The number of rotatable bonds is 3.